The van der Waals surface area contributed by atoms with Gasteiger partial charge in [-0.2, -0.15) is 0 Å². The van der Waals surface area contributed by atoms with Gasteiger partial charge in [-0.15, -0.1) is 0 Å². The summed E-state index contributed by atoms with van der Waals surface area (Å²) >= 11 is 5.89. The first kappa shape index (κ1) is 25.4. The lowest BCUT2D eigenvalue weighted by molar-refractivity contribution is -0.384. The second-order valence-corrected chi connectivity index (χ2v) is 9.68. The number of methoxy groups -OCH3 is 1. The zero-order chi connectivity index (χ0) is 27.0. The maximum atomic E-state index is 11.4. The summed E-state index contributed by atoms with van der Waals surface area (Å²) in [6.45, 7) is 6.21. The number of aryl methyl sites for hydroxylation is 2. The van der Waals surface area contributed by atoms with Crippen LogP contribution in [-0.4, -0.2) is 26.7 Å². The van der Waals surface area contributed by atoms with Crippen LogP contribution in [0.15, 0.2) is 72.9 Å². The van der Waals surface area contributed by atoms with E-state index in [1.165, 1.54) is 24.8 Å². The summed E-state index contributed by atoms with van der Waals surface area (Å²) in [6.07, 6.45) is 2.75. The number of hydrogen-bond acceptors (Lipinski definition) is 5. The summed E-state index contributed by atoms with van der Waals surface area (Å²) in [7, 11) is 1.52. The first-order valence-electron chi connectivity index (χ1n) is 12.4. The van der Waals surface area contributed by atoms with Crippen molar-refractivity contribution in [2.24, 2.45) is 0 Å². The number of nitro benzene ring substituents is 1. The molecule has 2 aromatic carbocycles. The smallest absolute Gasteiger partial charge is 0.273 e. The standard InChI is InChI=1S/C29H29N5O3S/c1-5-20-9-11-21(12-10-20)33-28(27(31-29(33)38)24-8-6-7-15-30-24)23-16-18(2)32(19(23)3)25-14-13-22(34(35)36)17-26(25)37-4/h6-17,27-28H,5H2,1-4H3,(H,31,38)/t27-,28-/m0/s1. The number of aromatic nitrogens is 2. The summed E-state index contributed by atoms with van der Waals surface area (Å²) in [5, 5.41) is 15.5. The van der Waals surface area contributed by atoms with Crippen molar-refractivity contribution in [2.45, 2.75) is 39.3 Å². The lowest BCUT2D eigenvalue weighted by Gasteiger charge is -2.28. The Bertz CT molecular complexity index is 1500. The summed E-state index contributed by atoms with van der Waals surface area (Å²) in [5.41, 5.74) is 6.91. The largest absolute Gasteiger partial charge is 0.494 e. The number of nitrogens with zero attached hydrogens (tertiary/aromatic N) is 4. The van der Waals surface area contributed by atoms with Crippen LogP contribution >= 0.6 is 12.2 Å². The molecule has 0 amide bonds. The molecule has 9 heteroatoms. The number of thiocarbonyl (C=S) groups is 1. The molecule has 1 saturated heterocycles. The Morgan fingerprint density at radius 3 is 2.50 bits per heavy atom. The molecule has 0 unspecified atom stereocenters. The second kappa shape index (κ2) is 10.3. The number of pyridine rings is 1. The average Bonchev–Trinajstić information content (AvgIpc) is 3.43. The number of nitrogens with one attached hydrogen (secondary N) is 1. The molecule has 38 heavy (non-hydrogen) atoms. The zero-order valence-corrected chi connectivity index (χ0v) is 22.5. The Labute approximate surface area is 227 Å². The monoisotopic (exact) mass is 527 g/mol. The first-order valence-corrected chi connectivity index (χ1v) is 12.9. The van der Waals surface area contributed by atoms with Crippen LogP contribution in [0.2, 0.25) is 0 Å². The minimum Gasteiger partial charge on any atom is -0.494 e. The van der Waals surface area contributed by atoms with Crippen molar-refractivity contribution in [3.05, 3.63) is 111 Å². The van der Waals surface area contributed by atoms with Crippen LogP contribution in [0.4, 0.5) is 11.4 Å². The molecule has 0 saturated carbocycles. The third-order valence-electron chi connectivity index (χ3n) is 7.12. The van der Waals surface area contributed by atoms with Gasteiger partial charge in [0, 0.05) is 29.3 Å². The number of non-ortho nitro benzene ring substituents is 1. The van der Waals surface area contributed by atoms with Crippen molar-refractivity contribution in [1.82, 2.24) is 14.9 Å². The van der Waals surface area contributed by atoms with Crippen molar-refractivity contribution in [3.63, 3.8) is 0 Å². The molecule has 0 aliphatic carbocycles. The number of rotatable bonds is 7. The highest BCUT2D eigenvalue weighted by Gasteiger charge is 2.42. The second-order valence-electron chi connectivity index (χ2n) is 9.29. The van der Waals surface area contributed by atoms with Gasteiger partial charge in [0.2, 0.25) is 0 Å². The molecule has 0 radical (unpaired) electrons. The normalized spacial score (nSPS) is 16.9. The van der Waals surface area contributed by atoms with E-state index >= 15 is 0 Å². The van der Waals surface area contributed by atoms with Crippen molar-refractivity contribution >= 4 is 28.7 Å². The molecule has 1 aliphatic heterocycles. The molecule has 1 N–H and O–H groups in total. The van der Waals surface area contributed by atoms with E-state index in [1.54, 1.807) is 12.3 Å². The summed E-state index contributed by atoms with van der Waals surface area (Å²) in [5.74, 6) is 0.431. The van der Waals surface area contributed by atoms with E-state index in [9.17, 15) is 10.1 Å². The fourth-order valence-electron chi connectivity index (χ4n) is 5.26. The number of hydrogen-bond donors (Lipinski definition) is 1. The molecule has 0 bridgehead atoms. The van der Waals surface area contributed by atoms with Gasteiger partial charge in [0.1, 0.15) is 5.75 Å². The number of nitro groups is 1. The molecule has 1 aliphatic rings. The molecular weight excluding hydrogens is 498 g/mol. The molecule has 0 spiro atoms. The van der Waals surface area contributed by atoms with Gasteiger partial charge in [0.05, 0.1) is 41.6 Å². The van der Waals surface area contributed by atoms with E-state index in [1.807, 2.05) is 25.1 Å². The van der Waals surface area contributed by atoms with Crippen LogP contribution in [-0.2, 0) is 6.42 Å². The van der Waals surface area contributed by atoms with Crippen molar-refractivity contribution in [2.75, 3.05) is 12.0 Å². The van der Waals surface area contributed by atoms with Gasteiger partial charge >= 0.3 is 0 Å². The topological polar surface area (TPSA) is 85.5 Å². The highest BCUT2D eigenvalue weighted by molar-refractivity contribution is 7.80. The van der Waals surface area contributed by atoms with Gasteiger partial charge < -0.3 is 19.5 Å². The first-order chi connectivity index (χ1) is 18.3. The summed E-state index contributed by atoms with van der Waals surface area (Å²) in [4.78, 5) is 17.8. The van der Waals surface area contributed by atoms with Gasteiger partial charge in [-0.25, -0.2) is 0 Å². The molecule has 8 nitrogen and oxygen atoms in total. The van der Waals surface area contributed by atoms with Crippen molar-refractivity contribution < 1.29 is 9.66 Å². The fourth-order valence-corrected chi connectivity index (χ4v) is 5.61. The highest BCUT2D eigenvalue weighted by Crippen LogP contribution is 2.44. The Balaban J connectivity index is 1.67. The van der Waals surface area contributed by atoms with E-state index < -0.39 is 4.92 Å². The van der Waals surface area contributed by atoms with Crippen LogP contribution < -0.4 is 15.0 Å². The molecule has 3 heterocycles. The summed E-state index contributed by atoms with van der Waals surface area (Å²) < 4.78 is 7.65. The van der Waals surface area contributed by atoms with Gasteiger partial charge in [0.25, 0.3) is 5.69 Å². The number of benzene rings is 2. The van der Waals surface area contributed by atoms with Crippen LogP contribution in [0.25, 0.3) is 5.69 Å². The number of anilines is 1. The van der Waals surface area contributed by atoms with Crippen LogP contribution in [0.3, 0.4) is 0 Å². The van der Waals surface area contributed by atoms with Crippen LogP contribution in [0.1, 0.15) is 47.2 Å². The molecule has 1 fully saturated rings. The fraction of sp³-hybridized carbons (Fsp3) is 0.241. The van der Waals surface area contributed by atoms with E-state index in [-0.39, 0.29) is 17.8 Å². The Kier molecular flexibility index (Phi) is 6.86. The molecule has 5 rings (SSSR count). The molecular formula is C29H29N5O3S. The maximum absolute atomic E-state index is 11.4. The predicted molar refractivity (Wildman–Crippen MR) is 152 cm³/mol. The lowest BCUT2D eigenvalue weighted by Crippen LogP contribution is -2.29. The minimum atomic E-state index is -0.419. The summed E-state index contributed by atoms with van der Waals surface area (Å²) in [6, 6.07) is 20.9. The van der Waals surface area contributed by atoms with Gasteiger partial charge in [-0.3, -0.25) is 15.1 Å². The number of ether oxygens (including phenoxy) is 1. The SMILES string of the molecule is CCc1ccc(N2C(=S)N[C@@H](c3ccccn3)[C@@H]2c2cc(C)n(-c3ccc([N+](=O)[O-])cc3OC)c2C)cc1. The molecule has 4 aromatic rings. The van der Waals surface area contributed by atoms with Crippen LogP contribution in [0.5, 0.6) is 5.75 Å². The zero-order valence-electron chi connectivity index (χ0n) is 21.7. The third-order valence-corrected chi connectivity index (χ3v) is 7.44. The Hall–Kier alpha value is -4.24. The third kappa shape index (κ3) is 4.39. The predicted octanol–water partition coefficient (Wildman–Crippen LogP) is 6.15. The lowest BCUT2D eigenvalue weighted by atomic mass is 9.96. The Morgan fingerprint density at radius 1 is 1.11 bits per heavy atom. The highest BCUT2D eigenvalue weighted by atomic mass is 32.1. The molecule has 2 atom stereocenters. The van der Waals surface area contributed by atoms with E-state index in [4.69, 9.17) is 17.0 Å². The van der Waals surface area contributed by atoms with Gasteiger partial charge in [0.15, 0.2) is 5.11 Å². The van der Waals surface area contributed by atoms with Gasteiger partial charge in [-0.05, 0) is 80.0 Å². The van der Waals surface area contributed by atoms with E-state index in [2.05, 4.69) is 63.9 Å². The average molecular weight is 528 g/mol. The van der Waals surface area contributed by atoms with Crippen LogP contribution in [0, 0.1) is 24.0 Å². The van der Waals surface area contributed by atoms with Crippen molar-refractivity contribution in [3.8, 4) is 11.4 Å². The quantitative estimate of drug-likeness (QED) is 0.175. The minimum absolute atomic E-state index is 0.0180. The van der Waals surface area contributed by atoms with Crippen molar-refractivity contribution in [1.29, 1.82) is 0 Å². The Morgan fingerprint density at radius 2 is 1.87 bits per heavy atom. The van der Waals surface area contributed by atoms with E-state index in [0.29, 0.717) is 10.9 Å². The molecule has 2 aromatic heterocycles. The van der Waals surface area contributed by atoms with Gasteiger partial charge in [-0.1, -0.05) is 25.1 Å². The molecule has 194 valence electrons. The van der Waals surface area contributed by atoms with E-state index in [0.717, 1.165) is 40.4 Å². The maximum Gasteiger partial charge on any atom is 0.273 e.